The highest BCUT2D eigenvalue weighted by atomic mass is 16.5. The minimum atomic E-state index is -0.537. The van der Waals surface area contributed by atoms with Gasteiger partial charge in [0.25, 0.3) is 5.91 Å². The number of nitrogens with zero attached hydrogens (tertiary/aromatic N) is 3. The number of aromatic nitrogens is 2. The fourth-order valence-electron chi connectivity index (χ4n) is 3.80. The minimum absolute atomic E-state index is 0.132. The Labute approximate surface area is 188 Å². The van der Waals surface area contributed by atoms with Crippen LogP contribution in [0.4, 0.5) is 0 Å². The van der Waals surface area contributed by atoms with Crippen LogP contribution in [0.15, 0.2) is 72.9 Å². The number of carbonyl (C=O) groups excluding carboxylic acids is 2. The first-order chi connectivity index (χ1) is 15.7. The summed E-state index contributed by atoms with van der Waals surface area (Å²) in [5, 5.41) is 4.74. The lowest BCUT2D eigenvalue weighted by Crippen LogP contribution is -2.38. The van der Waals surface area contributed by atoms with Crippen molar-refractivity contribution in [2.45, 2.75) is 25.8 Å². The molecule has 1 aromatic heterocycles. The summed E-state index contributed by atoms with van der Waals surface area (Å²) >= 11 is 0. The summed E-state index contributed by atoms with van der Waals surface area (Å²) in [6.45, 7) is 1.89. The molecule has 32 heavy (non-hydrogen) atoms. The number of likely N-dealkylation sites (tertiary alicyclic amines) is 1. The van der Waals surface area contributed by atoms with Crippen LogP contribution in [0.25, 0.3) is 17.3 Å². The van der Waals surface area contributed by atoms with Gasteiger partial charge in [-0.15, -0.1) is 0 Å². The molecule has 0 radical (unpaired) electrons. The lowest BCUT2D eigenvalue weighted by atomic mass is 10.1. The molecule has 1 fully saturated rings. The van der Waals surface area contributed by atoms with Crippen LogP contribution >= 0.6 is 0 Å². The second-order valence-electron chi connectivity index (χ2n) is 7.86. The van der Waals surface area contributed by atoms with Gasteiger partial charge in [-0.3, -0.25) is 9.48 Å². The molecule has 164 valence electrons. The molecule has 1 amide bonds. The quantitative estimate of drug-likeness (QED) is 0.418. The minimum Gasteiger partial charge on any atom is -0.452 e. The Bertz CT molecular complexity index is 1070. The highest BCUT2D eigenvalue weighted by Crippen LogP contribution is 2.23. The van der Waals surface area contributed by atoms with E-state index in [0.717, 1.165) is 54.7 Å². The topological polar surface area (TPSA) is 64.4 Å². The Hall–Kier alpha value is -3.67. The van der Waals surface area contributed by atoms with Gasteiger partial charge in [0, 0.05) is 36.5 Å². The van der Waals surface area contributed by atoms with Gasteiger partial charge in [0.2, 0.25) is 0 Å². The van der Waals surface area contributed by atoms with E-state index in [2.05, 4.69) is 12.1 Å². The summed E-state index contributed by atoms with van der Waals surface area (Å²) in [5.41, 5.74) is 3.70. The zero-order valence-electron chi connectivity index (χ0n) is 18.0. The van der Waals surface area contributed by atoms with Crippen LogP contribution in [0.5, 0.6) is 0 Å². The highest BCUT2D eigenvalue weighted by Gasteiger charge is 2.17. The number of piperidine rings is 1. The molecular weight excluding hydrogens is 402 g/mol. The first-order valence-corrected chi connectivity index (χ1v) is 11.0. The molecule has 6 nitrogen and oxygen atoms in total. The van der Waals surface area contributed by atoms with E-state index in [9.17, 15) is 9.59 Å². The summed E-state index contributed by atoms with van der Waals surface area (Å²) in [6, 6.07) is 19.9. The Kier molecular flexibility index (Phi) is 7.12. The van der Waals surface area contributed by atoms with Gasteiger partial charge in [-0.2, -0.15) is 5.10 Å². The van der Waals surface area contributed by atoms with E-state index in [0.29, 0.717) is 6.54 Å². The van der Waals surface area contributed by atoms with Gasteiger partial charge in [0.1, 0.15) is 0 Å². The predicted molar refractivity (Wildman–Crippen MR) is 124 cm³/mol. The third kappa shape index (κ3) is 5.72. The number of benzene rings is 2. The van der Waals surface area contributed by atoms with Gasteiger partial charge in [-0.05, 0) is 30.9 Å². The molecule has 2 heterocycles. The first kappa shape index (κ1) is 21.6. The van der Waals surface area contributed by atoms with Gasteiger partial charge >= 0.3 is 5.97 Å². The van der Waals surface area contributed by atoms with Crippen LogP contribution in [0.1, 0.15) is 30.4 Å². The molecule has 0 aliphatic carbocycles. The second kappa shape index (κ2) is 10.6. The van der Waals surface area contributed by atoms with Gasteiger partial charge in [-0.1, -0.05) is 60.7 Å². The molecule has 0 spiro atoms. The van der Waals surface area contributed by atoms with E-state index in [1.54, 1.807) is 11.0 Å². The van der Waals surface area contributed by atoms with Crippen molar-refractivity contribution < 1.29 is 14.3 Å². The number of ether oxygens (including phenoxy) is 1. The largest absolute Gasteiger partial charge is 0.452 e. The fraction of sp³-hybridized carbons (Fsp3) is 0.269. The maximum Gasteiger partial charge on any atom is 0.331 e. The standard InChI is InChI=1S/C26H27N3O3/c30-24(28-16-8-3-9-17-28)20-32-25(31)15-14-23-19-29(18-21-10-4-1-5-11-21)27-26(23)22-12-6-2-7-13-22/h1-2,4-7,10-15,19H,3,8-9,16-18,20H2/b15-14+. The number of hydrogen-bond donors (Lipinski definition) is 0. The zero-order chi connectivity index (χ0) is 22.2. The Morgan fingerprint density at radius 1 is 0.938 bits per heavy atom. The fourth-order valence-corrected chi connectivity index (χ4v) is 3.80. The van der Waals surface area contributed by atoms with Crippen molar-refractivity contribution in [3.8, 4) is 11.3 Å². The van der Waals surface area contributed by atoms with Crippen molar-refractivity contribution in [3.63, 3.8) is 0 Å². The molecule has 0 saturated carbocycles. The average Bonchev–Trinajstić information content (AvgIpc) is 3.25. The van der Waals surface area contributed by atoms with Crippen molar-refractivity contribution in [2.75, 3.05) is 19.7 Å². The normalized spacial score (nSPS) is 13.9. The smallest absolute Gasteiger partial charge is 0.331 e. The molecule has 0 unspecified atom stereocenters. The number of rotatable bonds is 7. The number of esters is 1. The Morgan fingerprint density at radius 3 is 2.34 bits per heavy atom. The number of amides is 1. The molecule has 4 rings (SSSR count). The van der Waals surface area contributed by atoms with E-state index in [1.165, 1.54) is 6.08 Å². The summed E-state index contributed by atoms with van der Waals surface area (Å²) < 4.78 is 7.05. The lowest BCUT2D eigenvalue weighted by Gasteiger charge is -2.26. The van der Waals surface area contributed by atoms with Crippen LogP contribution in [-0.2, 0) is 20.9 Å². The molecule has 2 aromatic carbocycles. The Morgan fingerprint density at radius 2 is 1.62 bits per heavy atom. The van der Waals surface area contributed by atoms with E-state index >= 15 is 0 Å². The summed E-state index contributed by atoms with van der Waals surface area (Å²) in [5.74, 6) is -0.669. The van der Waals surface area contributed by atoms with Crippen LogP contribution in [0.3, 0.4) is 0 Å². The second-order valence-corrected chi connectivity index (χ2v) is 7.86. The van der Waals surface area contributed by atoms with Crippen molar-refractivity contribution in [1.29, 1.82) is 0 Å². The summed E-state index contributed by atoms with van der Waals surface area (Å²) in [7, 11) is 0. The van der Waals surface area contributed by atoms with Crippen molar-refractivity contribution in [2.24, 2.45) is 0 Å². The molecule has 3 aromatic rings. The van der Waals surface area contributed by atoms with Gasteiger partial charge in [0.15, 0.2) is 6.61 Å². The monoisotopic (exact) mass is 429 g/mol. The van der Waals surface area contributed by atoms with Crippen LogP contribution in [-0.4, -0.2) is 46.3 Å². The van der Waals surface area contributed by atoms with Crippen molar-refractivity contribution in [1.82, 2.24) is 14.7 Å². The summed E-state index contributed by atoms with van der Waals surface area (Å²) in [4.78, 5) is 26.2. The van der Waals surface area contributed by atoms with Crippen LogP contribution in [0, 0.1) is 0 Å². The summed E-state index contributed by atoms with van der Waals surface area (Å²) in [6.07, 6.45) is 8.14. The SMILES string of the molecule is O=C(/C=C/c1cn(Cc2ccccc2)nc1-c1ccccc1)OCC(=O)N1CCCCC1. The van der Waals surface area contributed by atoms with E-state index in [4.69, 9.17) is 9.84 Å². The lowest BCUT2D eigenvalue weighted by molar-refractivity contribution is -0.148. The maximum absolute atomic E-state index is 12.2. The molecule has 1 aliphatic heterocycles. The predicted octanol–water partition coefficient (Wildman–Crippen LogP) is 4.17. The van der Waals surface area contributed by atoms with E-state index in [-0.39, 0.29) is 12.5 Å². The molecule has 1 saturated heterocycles. The van der Waals surface area contributed by atoms with Gasteiger partial charge in [0.05, 0.1) is 12.2 Å². The number of carbonyl (C=O) groups is 2. The van der Waals surface area contributed by atoms with Crippen molar-refractivity contribution in [3.05, 3.63) is 84.1 Å². The molecule has 0 N–H and O–H groups in total. The highest BCUT2D eigenvalue weighted by molar-refractivity contribution is 5.90. The third-order valence-electron chi connectivity index (χ3n) is 5.47. The average molecular weight is 430 g/mol. The van der Waals surface area contributed by atoms with Gasteiger partial charge in [-0.25, -0.2) is 4.79 Å². The molecule has 0 bridgehead atoms. The van der Waals surface area contributed by atoms with Crippen LogP contribution < -0.4 is 0 Å². The maximum atomic E-state index is 12.2. The molecule has 1 aliphatic rings. The molecule has 6 heteroatoms. The van der Waals surface area contributed by atoms with Crippen LogP contribution in [0.2, 0.25) is 0 Å². The zero-order valence-corrected chi connectivity index (χ0v) is 18.0. The first-order valence-electron chi connectivity index (χ1n) is 11.0. The van der Waals surface area contributed by atoms with Crippen molar-refractivity contribution >= 4 is 18.0 Å². The third-order valence-corrected chi connectivity index (χ3v) is 5.47. The Balaban J connectivity index is 1.45. The molecular formula is C26H27N3O3. The van der Waals surface area contributed by atoms with Gasteiger partial charge < -0.3 is 9.64 Å². The number of hydrogen-bond acceptors (Lipinski definition) is 4. The van der Waals surface area contributed by atoms with E-state index < -0.39 is 5.97 Å². The van der Waals surface area contributed by atoms with E-state index in [1.807, 2.05) is 59.4 Å². The molecule has 0 atom stereocenters.